The summed E-state index contributed by atoms with van der Waals surface area (Å²) in [6.07, 6.45) is 0. The van der Waals surface area contributed by atoms with Crippen molar-refractivity contribution in [2.24, 2.45) is 0 Å². The van der Waals surface area contributed by atoms with Crippen LogP contribution in [-0.2, 0) is 17.9 Å². The van der Waals surface area contributed by atoms with Crippen LogP contribution < -0.4 is 0 Å². The molecule has 0 saturated carbocycles. The number of rotatable bonds is 1. The van der Waals surface area contributed by atoms with Crippen LogP contribution in [0.4, 0.5) is 0 Å². The summed E-state index contributed by atoms with van der Waals surface area (Å²) in [6.45, 7) is 2.63. The molecule has 1 N–H and O–H groups in total. The zero-order valence-electron chi connectivity index (χ0n) is 7.61. The largest absolute Gasteiger partial charge is 0.477 e. The zero-order chi connectivity index (χ0) is 10.3. The minimum absolute atomic E-state index is 0.0327. The second-order valence-corrected chi connectivity index (χ2v) is 4.38. The van der Waals surface area contributed by atoms with Crippen LogP contribution in [0, 0.1) is 0 Å². The molecule has 1 amide bonds. The van der Waals surface area contributed by atoms with E-state index >= 15 is 0 Å². The number of hydrogen-bond acceptors (Lipinski definition) is 3. The van der Waals surface area contributed by atoms with Crippen molar-refractivity contribution in [2.45, 2.75) is 20.0 Å². The first kappa shape index (κ1) is 9.21. The Morgan fingerprint density at radius 1 is 1.50 bits per heavy atom. The lowest BCUT2D eigenvalue weighted by molar-refractivity contribution is -0.129. The molecule has 0 atom stereocenters. The van der Waals surface area contributed by atoms with E-state index < -0.39 is 5.97 Å². The Bertz CT molecular complexity index is 387. The van der Waals surface area contributed by atoms with Gasteiger partial charge in [0, 0.05) is 18.3 Å². The van der Waals surface area contributed by atoms with Crippen LogP contribution in [0.2, 0.25) is 0 Å². The molecule has 1 aromatic rings. The molecular formula is C9H9NO3S. The molecule has 0 aromatic carbocycles. The number of carboxylic acid groups (broad SMARTS) is 1. The van der Waals surface area contributed by atoms with Gasteiger partial charge < -0.3 is 10.0 Å². The van der Waals surface area contributed by atoms with E-state index in [1.165, 1.54) is 18.3 Å². The first-order chi connectivity index (χ1) is 6.58. The fourth-order valence-electron chi connectivity index (χ4n) is 1.50. The van der Waals surface area contributed by atoms with Gasteiger partial charge in [0.15, 0.2) is 0 Å². The molecule has 74 valence electrons. The van der Waals surface area contributed by atoms with E-state index in [-0.39, 0.29) is 5.91 Å². The molecule has 0 aliphatic carbocycles. The maximum absolute atomic E-state index is 11.0. The lowest BCUT2D eigenvalue weighted by Crippen LogP contribution is -2.21. The van der Waals surface area contributed by atoms with Crippen LogP contribution in [0.1, 0.15) is 27.0 Å². The first-order valence-corrected chi connectivity index (χ1v) is 5.00. The predicted molar refractivity (Wildman–Crippen MR) is 51.2 cm³/mol. The molecule has 0 fully saturated rings. The molecule has 4 nitrogen and oxygen atoms in total. The van der Waals surface area contributed by atoms with E-state index in [0.717, 1.165) is 10.4 Å². The van der Waals surface area contributed by atoms with E-state index in [2.05, 4.69) is 0 Å². The molecule has 1 aliphatic rings. The summed E-state index contributed by atoms with van der Waals surface area (Å²) >= 11 is 1.26. The molecule has 1 aromatic heterocycles. The molecule has 2 heterocycles. The molecule has 2 rings (SSSR count). The zero-order valence-corrected chi connectivity index (χ0v) is 8.43. The molecular weight excluding hydrogens is 202 g/mol. The SMILES string of the molecule is CC(=O)N1Cc2cc(C(=O)O)sc2C1. The maximum atomic E-state index is 11.0. The Hall–Kier alpha value is -1.36. The Balaban J connectivity index is 2.24. The summed E-state index contributed by atoms with van der Waals surface area (Å²) in [5.74, 6) is -0.857. The fraction of sp³-hybridized carbons (Fsp3) is 0.333. The van der Waals surface area contributed by atoms with Crippen LogP contribution in [0.15, 0.2) is 6.07 Å². The van der Waals surface area contributed by atoms with Crippen molar-refractivity contribution in [3.8, 4) is 0 Å². The molecule has 0 saturated heterocycles. The molecule has 5 heteroatoms. The Labute approximate surface area is 84.8 Å². The van der Waals surface area contributed by atoms with Gasteiger partial charge in [-0.2, -0.15) is 0 Å². The highest BCUT2D eigenvalue weighted by molar-refractivity contribution is 7.14. The lowest BCUT2D eigenvalue weighted by atomic mass is 10.3. The summed E-state index contributed by atoms with van der Waals surface area (Å²) in [6, 6.07) is 1.66. The Kier molecular flexibility index (Phi) is 2.03. The number of carbonyl (C=O) groups excluding carboxylic acids is 1. The van der Waals surface area contributed by atoms with E-state index in [1.54, 1.807) is 11.0 Å². The van der Waals surface area contributed by atoms with Crippen molar-refractivity contribution in [3.05, 3.63) is 21.4 Å². The van der Waals surface area contributed by atoms with E-state index in [4.69, 9.17) is 5.11 Å². The summed E-state index contributed by atoms with van der Waals surface area (Å²) in [4.78, 5) is 24.8. The van der Waals surface area contributed by atoms with Gasteiger partial charge in [-0.3, -0.25) is 4.79 Å². The van der Waals surface area contributed by atoms with Crippen molar-refractivity contribution in [1.29, 1.82) is 0 Å². The predicted octanol–water partition coefficient (Wildman–Crippen LogP) is 1.31. The third kappa shape index (κ3) is 1.39. The highest BCUT2D eigenvalue weighted by Gasteiger charge is 2.24. The third-order valence-electron chi connectivity index (χ3n) is 2.25. The van der Waals surface area contributed by atoms with Crippen LogP contribution in [0.3, 0.4) is 0 Å². The van der Waals surface area contributed by atoms with Crippen LogP contribution in [-0.4, -0.2) is 21.9 Å². The van der Waals surface area contributed by atoms with Crippen LogP contribution >= 0.6 is 11.3 Å². The summed E-state index contributed by atoms with van der Waals surface area (Å²) in [5.41, 5.74) is 0.975. The molecule has 0 unspecified atom stereocenters. The van der Waals surface area contributed by atoms with Gasteiger partial charge in [-0.05, 0) is 11.6 Å². The lowest BCUT2D eigenvalue weighted by Gasteiger charge is -2.11. The second-order valence-electron chi connectivity index (χ2n) is 3.24. The van der Waals surface area contributed by atoms with E-state index in [9.17, 15) is 9.59 Å². The smallest absolute Gasteiger partial charge is 0.345 e. The van der Waals surface area contributed by atoms with Gasteiger partial charge in [-0.15, -0.1) is 11.3 Å². The number of amides is 1. The number of thiophene rings is 1. The van der Waals surface area contributed by atoms with Crippen molar-refractivity contribution in [1.82, 2.24) is 4.90 Å². The molecule has 1 aliphatic heterocycles. The molecule has 14 heavy (non-hydrogen) atoms. The monoisotopic (exact) mass is 211 g/mol. The Morgan fingerprint density at radius 2 is 2.21 bits per heavy atom. The average Bonchev–Trinajstić information content (AvgIpc) is 2.57. The summed E-state index contributed by atoms with van der Waals surface area (Å²) < 4.78 is 0. The topological polar surface area (TPSA) is 57.6 Å². The average molecular weight is 211 g/mol. The number of aromatic carboxylic acids is 1. The normalized spacial score (nSPS) is 14.2. The van der Waals surface area contributed by atoms with Crippen LogP contribution in [0.5, 0.6) is 0 Å². The first-order valence-electron chi connectivity index (χ1n) is 4.18. The number of fused-ring (bicyclic) bond motifs is 1. The standard InChI is InChI=1S/C9H9NO3S/c1-5(11)10-3-6-2-7(9(12)13)14-8(6)4-10/h2H,3-4H2,1H3,(H,12,13). The van der Waals surface area contributed by atoms with Gasteiger partial charge in [0.05, 0.1) is 6.54 Å². The second kappa shape index (κ2) is 3.09. The minimum atomic E-state index is -0.890. The number of hydrogen-bond donors (Lipinski definition) is 1. The van der Waals surface area contributed by atoms with Crippen molar-refractivity contribution >= 4 is 23.2 Å². The number of carboxylic acids is 1. The van der Waals surface area contributed by atoms with Gasteiger partial charge in [0.2, 0.25) is 5.91 Å². The van der Waals surface area contributed by atoms with Crippen molar-refractivity contribution in [2.75, 3.05) is 0 Å². The molecule has 0 spiro atoms. The summed E-state index contributed by atoms with van der Waals surface area (Å²) in [7, 11) is 0. The molecule has 0 bridgehead atoms. The van der Waals surface area contributed by atoms with Gasteiger partial charge in [-0.25, -0.2) is 4.79 Å². The third-order valence-corrected chi connectivity index (χ3v) is 3.40. The molecule has 0 radical (unpaired) electrons. The van der Waals surface area contributed by atoms with E-state index in [0.29, 0.717) is 18.0 Å². The van der Waals surface area contributed by atoms with Crippen molar-refractivity contribution in [3.63, 3.8) is 0 Å². The highest BCUT2D eigenvalue weighted by Crippen LogP contribution is 2.30. The Morgan fingerprint density at radius 3 is 2.71 bits per heavy atom. The highest BCUT2D eigenvalue weighted by atomic mass is 32.1. The van der Waals surface area contributed by atoms with Gasteiger partial charge in [0.1, 0.15) is 4.88 Å². The minimum Gasteiger partial charge on any atom is -0.477 e. The van der Waals surface area contributed by atoms with Crippen LogP contribution in [0.25, 0.3) is 0 Å². The fourth-order valence-corrected chi connectivity index (χ4v) is 2.53. The van der Waals surface area contributed by atoms with E-state index in [1.807, 2.05) is 0 Å². The van der Waals surface area contributed by atoms with Gasteiger partial charge >= 0.3 is 5.97 Å². The van der Waals surface area contributed by atoms with Gasteiger partial charge in [-0.1, -0.05) is 0 Å². The van der Waals surface area contributed by atoms with Crippen molar-refractivity contribution < 1.29 is 14.7 Å². The quantitative estimate of drug-likeness (QED) is 0.761. The number of carbonyl (C=O) groups is 2. The number of nitrogens with zero attached hydrogens (tertiary/aromatic N) is 1. The maximum Gasteiger partial charge on any atom is 0.345 e. The van der Waals surface area contributed by atoms with Gasteiger partial charge in [0.25, 0.3) is 0 Å². The summed E-state index contributed by atoms with van der Waals surface area (Å²) in [5, 5.41) is 8.75.